The third-order valence-corrected chi connectivity index (χ3v) is 6.14. The van der Waals surface area contributed by atoms with Crippen molar-refractivity contribution in [2.45, 2.75) is 64.7 Å². The lowest BCUT2D eigenvalue weighted by atomic mass is 9.87. The maximum atomic E-state index is 11.8. The average molecular weight is 452 g/mol. The maximum absolute atomic E-state index is 11.8. The van der Waals surface area contributed by atoms with Crippen molar-refractivity contribution in [3.05, 3.63) is 65.5 Å². The number of rotatable bonds is 14. The summed E-state index contributed by atoms with van der Waals surface area (Å²) in [6, 6.07) is 15.8. The molecule has 2 N–H and O–H groups in total. The van der Waals surface area contributed by atoms with Crippen molar-refractivity contribution in [1.29, 1.82) is 0 Å². The molecular weight excluding hydrogens is 418 g/mol. The Bertz CT molecular complexity index is 1010. The van der Waals surface area contributed by atoms with Crippen LogP contribution < -0.4 is 0 Å². The van der Waals surface area contributed by atoms with Gasteiger partial charge in [0.1, 0.15) is 5.52 Å². The summed E-state index contributed by atoms with van der Waals surface area (Å²) in [6.45, 7) is 2.14. The molecule has 0 aliphatic rings. The number of carboxylic acid groups (broad SMARTS) is 2. The molecule has 0 fully saturated rings. The number of benzene rings is 2. The van der Waals surface area contributed by atoms with Crippen molar-refractivity contribution >= 4 is 23.0 Å². The van der Waals surface area contributed by atoms with E-state index in [1.54, 1.807) is 0 Å². The van der Waals surface area contributed by atoms with Gasteiger partial charge in [-0.3, -0.25) is 9.59 Å². The Morgan fingerprint density at radius 1 is 0.848 bits per heavy atom. The van der Waals surface area contributed by atoms with E-state index in [0.29, 0.717) is 38.0 Å². The highest BCUT2D eigenvalue weighted by Crippen LogP contribution is 2.24. The molecule has 1 heterocycles. The Labute approximate surface area is 194 Å². The predicted octanol–water partition coefficient (Wildman–Crippen LogP) is 5.92. The first-order valence-corrected chi connectivity index (χ1v) is 11.8. The number of oxazole rings is 1. The van der Waals surface area contributed by atoms with E-state index in [1.807, 2.05) is 36.4 Å². The van der Waals surface area contributed by atoms with Crippen molar-refractivity contribution in [2.75, 3.05) is 0 Å². The minimum atomic E-state index is -0.924. The molecule has 2 atom stereocenters. The van der Waals surface area contributed by atoms with Crippen LogP contribution in [-0.2, 0) is 28.9 Å². The molecule has 0 radical (unpaired) electrons. The molecule has 0 aliphatic carbocycles. The lowest BCUT2D eigenvalue weighted by Crippen LogP contribution is -2.23. The highest BCUT2D eigenvalue weighted by Gasteiger charge is 2.26. The predicted molar refractivity (Wildman–Crippen MR) is 127 cm³/mol. The molecule has 6 heteroatoms. The van der Waals surface area contributed by atoms with Gasteiger partial charge in [-0.1, -0.05) is 56.2 Å². The second-order valence-electron chi connectivity index (χ2n) is 8.73. The molecule has 0 aliphatic heterocycles. The van der Waals surface area contributed by atoms with E-state index >= 15 is 0 Å². The second-order valence-corrected chi connectivity index (χ2v) is 8.73. The minimum absolute atomic E-state index is 0.154. The molecule has 0 bridgehead atoms. The summed E-state index contributed by atoms with van der Waals surface area (Å²) in [5, 5.41) is 19.3. The molecule has 3 rings (SSSR count). The minimum Gasteiger partial charge on any atom is -0.481 e. The van der Waals surface area contributed by atoms with Gasteiger partial charge in [0.05, 0.1) is 11.8 Å². The second kappa shape index (κ2) is 12.2. The summed E-state index contributed by atoms with van der Waals surface area (Å²) in [6.07, 6.45) is 5.86. The molecule has 176 valence electrons. The number of hydrogen-bond acceptors (Lipinski definition) is 4. The highest BCUT2D eigenvalue weighted by molar-refractivity contribution is 5.74. The van der Waals surface area contributed by atoms with Gasteiger partial charge in [-0.15, -0.1) is 0 Å². The zero-order valence-corrected chi connectivity index (χ0v) is 19.2. The van der Waals surface area contributed by atoms with E-state index in [-0.39, 0.29) is 6.42 Å². The van der Waals surface area contributed by atoms with Crippen LogP contribution in [0.15, 0.2) is 52.9 Å². The fraction of sp³-hybridized carbons (Fsp3) is 0.444. The van der Waals surface area contributed by atoms with Gasteiger partial charge in [-0.25, -0.2) is 4.98 Å². The molecule has 1 unspecified atom stereocenters. The first-order chi connectivity index (χ1) is 16.0. The topological polar surface area (TPSA) is 101 Å². The molecule has 33 heavy (non-hydrogen) atoms. The lowest BCUT2D eigenvalue weighted by molar-refractivity contribution is -0.146. The van der Waals surface area contributed by atoms with Gasteiger partial charge in [0.25, 0.3) is 0 Å². The Morgan fingerprint density at radius 2 is 1.48 bits per heavy atom. The molecule has 6 nitrogen and oxygen atoms in total. The number of nitrogens with zero attached hydrogens (tertiary/aromatic N) is 1. The van der Waals surface area contributed by atoms with E-state index in [0.717, 1.165) is 35.9 Å². The van der Waals surface area contributed by atoms with Crippen molar-refractivity contribution < 1.29 is 24.2 Å². The van der Waals surface area contributed by atoms with Crippen LogP contribution in [0.3, 0.4) is 0 Å². The van der Waals surface area contributed by atoms with Gasteiger partial charge in [-0.05, 0) is 61.8 Å². The Morgan fingerprint density at radius 3 is 2.12 bits per heavy atom. The van der Waals surface area contributed by atoms with E-state index in [2.05, 4.69) is 24.0 Å². The smallest absolute Gasteiger partial charge is 0.306 e. The van der Waals surface area contributed by atoms with Crippen molar-refractivity contribution in [3.8, 4) is 0 Å². The van der Waals surface area contributed by atoms with Crippen molar-refractivity contribution in [2.24, 2.45) is 11.8 Å². The summed E-state index contributed by atoms with van der Waals surface area (Å²) >= 11 is 0. The lowest BCUT2D eigenvalue weighted by Gasteiger charge is -2.18. The number of carbonyl (C=O) groups is 2. The number of aliphatic carboxylic acids is 2. The van der Waals surface area contributed by atoms with Gasteiger partial charge in [-0.2, -0.15) is 0 Å². The number of fused-ring (bicyclic) bond motifs is 1. The molecular formula is C27H33NO5. The fourth-order valence-corrected chi connectivity index (χ4v) is 4.22. The normalized spacial score (nSPS) is 13.1. The maximum Gasteiger partial charge on any atom is 0.306 e. The SMILES string of the molecule is CCCc1ccc(CC[C@H](CC(CCCCc2nc3ccccc3o2)C(=O)O)C(=O)O)cc1. The van der Waals surface area contributed by atoms with Crippen LogP contribution in [0.4, 0.5) is 0 Å². The Kier molecular flexibility index (Phi) is 9.04. The molecule has 0 spiro atoms. The number of aryl methyl sites for hydroxylation is 3. The number of para-hydroxylation sites is 2. The third kappa shape index (κ3) is 7.45. The zero-order chi connectivity index (χ0) is 23.6. The van der Waals surface area contributed by atoms with Crippen LogP contribution in [0.25, 0.3) is 11.1 Å². The van der Waals surface area contributed by atoms with Gasteiger partial charge in [0.2, 0.25) is 0 Å². The van der Waals surface area contributed by atoms with E-state index in [9.17, 15) is 19.8 Å². The Hall–Kier alpha value is -3.15. The molecule has 2 aromatic carbocycles. The molecule has 0 saturated carbocycles. The van der Waals surface area contributed by atoms with Crippen LogP contribution in [0.1, 0.15) is 62.5 Å². The standard InChI is InChI=1S/C27H33NO5/c1-2-7-19-12-14-20(15-13-19)16-17-22(27(31)32)18-21(26(29)30)8-3-6-11-25-28-23-9-4-5-10-24(23)33-25/h4-5,9-10,12-15,21-22H,2-3,6-8,11,16-18H2,1H3,(H,29,30)(H,31,32)/t21?,22-/m1/s1. The van der Waals surface area contributed by atoms with Crippen molar-refractivity contribution in [1.82, 2.24) is 4.98 Å². The van der Waals surface area contributed by atoms with Gasteiger partial charge in [0.15, 0.2) is 11.5 Å². The molecule has 0 amide bonds. The molecule has 1 aromatic heterocycles. The molecule has 0 saturated heterocycles. The summed E-state index contributed by atoms with van der Waals surface area (Å²) < 4.78 is 5.71. The van der Waals surface area contributed by atoms with Gasteiger partial charge < -0.3 is 14.6 Å². The van der Waals surface area contributed by atoms with Crippen molar-refractivity contribution in [3.63, 3.8) is 0 Å². The third-order valence-electron chi connectivity index (χ3n) is 6.14. The quantitative estimate of drug-likeness (QED) is 0.295. The van der Waals surface area contributed by atoms with E-state index in [1.165, 1.54) is 5.56 Å². The number of aromatic nitrogens is 1. The van der Waals surface area contributed by atoms with Crippen LogP contribution in [0, 0.1) is 11.8 Å². The number of unbranched alkanes of at least 4 members (excludes halogenated alkanes) is 1. The van der Waals surface area contributed by atoms with Crippen LogP contribution >= 0.6 is 0 Å². The molecule has 3 aromatic rings. The highest BCUT2D eigenvalue weighted by atomic mass is 16.4. The zero-order valence-electron chi connectivity index (χ0n) is 19.2. The summed E-state index contributed by atoms with van der Waals surface area (Å²) in [5.74, 6) is -2.53. The van der Waals surface area contributed by atoms with E-state index in [4.69, 9.17) is 4.42 Å². The first-order valence-electron chi connectivity index (χ1n) is 11.8. The van der Waals surface area contributed by atoms with E-state index < -0.39 is 23.8 Å². The summed E-state index contributed by atoms with van der Waals surface area (Å²) in [5.41, 5.74) is 3.94. The Balaban J connectivity index is 1.48. The first kappa shape index (κ1) is 24.5. The van der Waals surface area contributed by atoms with Crippen LogP contribution in [0.5, 0.6) is 0 Å². The largest absolute Gasteiger partial charge is 0.481 e. The number of hydrogen-bond donors (Lipinski definition) is 2. The monoisotopic (exact) mass is 451 g/mol. The fourth-order valence-electron chi connectivity index (χ4n) is 4.22. The summed E-state index contributed by atoms with van der Waals surface area (Å²) in [4.78, 5) is 28.0. The van der Waals surface area contributed by atoms with Crippen LogP contribution in [0.2, 0.25) is 0 Å². The summed E-state index contributed by atoms with van der Waals surface area (Å²) in [7, 11) is 0. The van der Waals surface area contributed by atoms with Gasteiger partial charge >= 0.3 is 11.9 Å². The average Bonchev–Trinajstić information content (AvgIpc) is 3.21. The number of carboxylic acids is 2. The van der Waals surface area contributed by atoms with Crippen LogP contribution in [-0.4, -0.2) is 27.1 Å². The van der Waals surface area contributed by atoms with Gasteiger partial charge in [0, 0.05) is 6.42 Å².